The molecule has 7 nitrogen and oxygen atoms in total. The van der Waals surface area contributed by atoms with E-state index in [9.17, 15) is 13.5 Å². The number of rotatable bonds is 5. The van der Waals surface area contributed by atoms with Crippen LogP contribution in [0.15, 0.2) is 46.1 Å². The smallest absolute Gasteiger partial charge is 0.228 e. The first kappa shape index (κ1) is 16.4. The molecule has 0 aliphatic carbocycles. The van der Waals surface area contributed by atoms with Gasteiger partial charge in [-0.25, -0.2) is 18.4 Å². The number of aromatic nitrogens is 3. The molecule has 1 aromatic carbocycles. The number of aliphatic hydroxyl groups is 1. The van der Waals surface area contributed by atoms with Gasteiger partial charge in [0.15, 0.2) is 0 Å². The molecule has 0 aliphatic rings. The van der Waals surface area contributed by atoms with E-state index in [0.29, 0.717) is 23.0 Å². The van der Waals surface area contributed by atoms with Gasteiger partial charge in [-0.2, -0.15) is 0 Å². The molecule has 0 radical (unpaired) electrons. The van der Waals surface area contributed by atoms with E-state index in [-0.39, 0.29) is 17.5 Å². The number of aliphatic hydroxyl groups excluding tert-OH is 1. The molecule has 0 amide bonds. The third-order valence-corrected chi connectivity index (χ3v) is 5.31. The van der Waals surface area contributed by atoms with Crippen molar-refractivity contribution in [2.24, 2.45) is 7.05 Å². The van der Waals surface area contributed by atoms with Crippen molar-refractivity contribution in [1.82, 2.24) is 14.5 Å². The summed E-state index contributed by atoms with van der Waals surface area (Å²) < 4.78 is 32.2. The molecule has 0 aliphatic heterocycles. The van der Waals surface area contributed by atoms with Crippen LogP contribution in [0.4, 0.5) is 0 Å². The zero-order valence-electron chi connectivity index (χ0n) is 13.3. The van der Waals surface area contributed by atoms with Crippen molar-refractivity contribution >= 4 is 9.84 Å². The molecule has 1 N–H and O–H groups in total. The second kappa shape index (κ2) is 6.21. The minimum atomic E-state index is -3.71. The average molecular weight is 347 g/mol. The van der Waals surface area contributed by atoms with E-state index in [0.717, 1.165) is 5.56 Å². The van der Waals surface area contributed by atoms with Gasteiger partial charge in [0.1, 0.15) is 11.5 Å². The summed E-state index contributed by atoms with van der Waals surface area (Å²) in [4.78, 5) is 8.22. The van der Waals surface area contributed by atoms with E-state index in [1.807, 2.05) is 30.3 Å². The molecule has 0 saturated carbocycles. The molecule has 24 heavy (non-hydrogen) atoms. The number of nitrogens with zero attached hydrogens (tertiary/aromatic N) is 3. The van der Waals surface area contributed by atoms with Crippen molar-refractivity contribution in [1.29, 1.82) is 0 Å². The first-order valence-electron chi connectivity index (χ1n) is 7.28. The largest absolute Gasteiger partial charge is 0.441 e. The molecular formula is C16H17N3O4S. The van der Waals surface area contributed by atoms with E-state index in [1.165, 1.54) is 10.8 Å². The molecule has 0 fully saturated rings. The summed E-state index contributed by atoms with van der Waals surface area (Å²) >= 11 is 0. The number of oxazole rings is 1. The number of hydrogen-bond acceptors (Lipinski definition) is 6. The highest BCUT2D eigenvalue weighted by Gasteiger charge is 2.25. The third-order valence-electron chi connectivity index (χ3n) is 3.72. The Balaban J connectivity index is 1.93. The second-order valence-electron chi connectivity index (χ2n) is 5.40. The van der Waals surface area contributed by atoms with Gasteiger partial charge >= 0.3 is 0 Å². The molecule has 0 unspecified atom stereocenters. The van der Waals surface area contributed by atoms with E-state index < -0.39 is 9.84 Å². The SMILES string of the molecule is Cc1oc(-c2ccccc2)nc1CS(=O)(=O)c1ncc(CO)n1C. The first-order valence-corrected chi connectivity index (χ1v) is 8.93. The maximum atomic E-state index is 12.6. The maximum Gasteiger partial charge on any atom is 0.228 e. The zero-order valence-corrected chi connectivity index (χ0v) is 14.1. The van der Waals surface area contributed by atoms with Gasteiger partial charge in [-0.05, 0) is 19.1 Å². The van der Waals surface area contributed by atoms with Gasteiger partial charge in [-0.15, -0.1) is 0 Å². The van der Waals surface area contributed by atoms with Crippen LogP contribution in [0.3, 0.4) is 0 Å². The van der Waals surface area contributed by atoms with Crippen LogP contribution < -0.4 is 0 Å². The van der Waals surface area contributed by atoms with Gasteiger partial charge < -0.3 is 14.1 Å². The molecule has 0 bridgehead atoms. The lowest BCUT2D eigenvalue weighted by molar-refractivity contribution is 0.271. The van der Waals surface area contributed by atoms with Crippen molar-refractivity contribution in [3.05, 3.63) is 53.7 Å². The molecular weight excluding hydrogens is 330 g/mol. The predicted octanol–water partition coefficient (Wildman–Crippen LogP) is 1.85. The Morgan fingerprint density at radius 1 is 1.25 bits per heavy atom. The quantitative estimate of drug-likeness (QED) is 0.756. The lowest BCUT2D eigenvalue weighted by Gasteiger charge is -2.04. The van der Waals surface area contributed by atoms with Crippen LogP contribution in [0, 0.1) is 6.92 Å². The molecule has 0 spiro atoms. The number of imidazole rings is 1. The fourth-order valence-corrected chi connectivity index (χ4v) is 3.88. The fourth-order valence-electron chi connectivity index (χ4n) is 2.37. The molecule has 3 rings (SSSR count). The molecule has 2 aromatic heterocycles. The zero-order chi connectivity index (χ0) is 17.3. The Morgan fingerprint density at radius 2 is 1.96 bits per heavy atom. The summed E-state index contributed by atoms with van der Waals surface area (Å²) in [6.45, 7) is 1.40. The van der Waals surface area contributed by atoms with Gasteiger partial charge in [-0.3, -0.25) is 0 Å². The van der Waals surface area contributed by atoms with Gasteiger partial charge in [0, 0.05) is 12.6 Å². The summed E-state index contributed by atoms with van der Waals surface area (Å²) in [7, 11) is -2.15. The van der Waals surface area contributed by atoms with Gasteiger partial charge in [0.25, 0.3) is 0 Å². The lowest BCUT2D eigenvalue weighted by Crippen LogP contribution is -2.13. The van der Waals surface area contributed by atoms with Crippen molar-refractivity contribution in [2.75, 3.05) is 0 Å². The Bertz CT molecular complexity index is 959. The Morgan fingerprint density at radius 3 is 2.58 bits per heavy atom. The molecule has 3 aromatic rings. The maximum absolute atomic E-state index is 12.6. The van der Waals surface area contributed by atoms with E-state index in [4.69, 9.17) is 4.42 Å². The molecule has 0 saturated heterocycles. The van der Waals surface area contributed by atoms with E-state index in [1.54, 1.807) is 14.0 Å². The molecule has 8 heteroatoms. The summed E-state index contributed by atoms with van der Waals surface area (Å²) in [6.07, 6.45) is 1.35. The van der Waals surface area contributed by atoms with Crippen LogP contribution >= 0.6 is 0 Å². The highest BCUT2D eigenvalue weighted by atomic mass is 32.2. The highest BCUT2D eigenvalue weighted by Crippen LogP contribution is 2.24. The predicted molar refractivity (Wildman–Crippen MR) is 86.7 cm³/mol. The van der Waals surface area contributed by atoms with E-state index in [2.05, 4.69) is 9.97 Å². The highest BCUT2D eigenvalue weighted by molar-refractivity contribution is 7.90. The average Bonchev–Trinajstić information content (AvgIpc) is 3.11. The Hall–Kier alpha value is -2.45. The number of aryl methyl sites for hydroxylation is 1. The fraction of sp³-hybridized carbons (Fsp3) is 0.250. The first-order chi connectivity index (χ1) is 11.4. The summed E-state index contributed by atoms with van der Waals surface area (Å²) in [5, 5.41) is 9.08. The second-order valence-corrected chi connectivity index (χ2v) is 7.28. The van der Waals surface area contributed by atoms with Gasteiger partial charge in [0.05, 0.1) is 24.2 Å². The van der Waals surface area contributed by atoms with Gasteiger partial charge in [-0.1, -0.05) is 18.2 Å². The molecule has 126 valence electrons. The minimum absolute atomic E-state index is 0.102. The summed E-state index contributed by atoms with van der Waals surface area (Å²) in [5.74, 6) is 0.522. The summed E-state index contributed by atoms with van der Waals surface area (Å²) in [6, 6.07) is 9.28. The summed E-state index contributed by atoms with van der Waals surface area (Å²) in [5.41, 5.74) is 1.56. The number of sulfone groups is 1. The van der Waals surface area contributed by atoms with Crippen molar-refractivity contribution in [3.63, 3.8) is 0 Å². The van der Waals surface area contributed by atoms with Crippen LogP contribution in [-0.2, 0) is 29.2 Å². The normalized spacial score (nSPS) is 11.8. The lowest BCUT2D eigenvalue weighted by atomic mass is 10.2. The molecule has 0 atom stereocenters. The van der Waals surface area contributed by atoms with Gasteiger partial charge in [0.2, 0.25) is 20.9 Å². The topological polar surface area (TPSA) is 98.2 Å². The Labute approximate surface area is 139 Å². The van der Waals surface area contributed by atoms with Crippen molar-refractivity contribution in [2.45, 2.75) is 24.4 Å². The minimum Gasteiger partial charge on any atom is -0.441 e. The standard InChI is InChI=1S/C16H17N3O4S/c1-11-14(18-15(23-11)12-6-4-3-5-7-12)10-24(21,22)16-17-8-13(9-20)19(16)2/h3-8,20H,9-10H2,1-2H3. The number of hydrogen-bond donors (Lipinski definition) is 1. The van der Waals surface area contributed by atoms with Crippen LogP contribution in [0.25, 0.3) is 11.5 Å². The van der Waals surface area contributed by atoms with Crippen LogP contribution in [0.5, 0.6) is 0 Å². The van der Waals surface area contributed by atoms with E-state index >= 15 is 0 Å². The third kappa shape index (κ3) is 2.98. The van der Waals surface area contributed by atoms with Crippen LogP contribution in [0.2, 0.25) is 0 Å². The number of benzene rings is 1. The molecule has 2 heterocycles. The van der Waals surface area contributed by atoms with Crippen LogP contribution in [0.1, 0.15) is 17.1 Å². The Kier molecular flexibility index (Phi) is 4.25. The van der Waals surface area contributed by atoms with Crippen LogP contribution in [-0.4, -0.2) is 28.1 Å². The monoisotopic (exact) mass is 347 g/mol. The van der Waals surface area contributed by atoms with Crippen molar-refractivity contribution in [3.8, 4) is 11.5 Å². The van der Waals surface area contributed by atoms with Crippen molar-refractivity contribution < 1.29 is 17.9 Å².